The number of Topliss-reactive ketones (excluding diaryl/α,β-unsaturated/α-hetero) is 1. The van der Waals surface area contributed by atoms with Crippen LogP contribution >= 0.6 is 27.5 Å². The average molecular weight is 294 g/mol. The van der Waals surface area contributed by atoms with Crippen molar-refractivity contribution in [3.05, 3.63) is 33.0 Å². The van der Waals surface area contributed by atoms with Gasteiger partial charge < -0.3 is 0 Å². The molecule has 0 atom stereocenters. The number of ketones is 1. The summed E-state index contributed by atoms with van der Waals surface area (Å²) in [6, 6.07) is 2.60. The molecular weight excluding hydrogens is 282 g/mol. The van der Waals surface area contributed by atoms with Crippen molar-refractivity contribution in [2.75, 3.05) is 0 Å². The maximum atomic E-state index is 13.4. The van der Waals surface area contributed by atoms with Crippen LogP contribution in [0.1, 0.15) is 36.5 Å². The largest absolute Gasteiger partial charge is 0.294 e. The van der Waals surface area contributed by atoms with Crippen LogP contribution in [0.2, 0.25) is 5.02 Å². The Balaban J connectivity index is 2.94. The second-order valence-electron chi connectivity index (χ2n) is 3.27. The van der Waals surface area contributed by atoms with E-state index in [1.807, 2.05) is 6.92 Å². The van der Waals surface area contributed by atoms with Crippen LogP contribution < -0.4 is 0 Å². The molecule has 1 aromatic carbocycles. The maximum absolute atomic E-state index is 13.4. The number of carbonyl (C=O) groups excluding carboxylic acids is 1. The van der Waals surface area contributed by atoms with Gasteiger partial charge in [-0.3, -0.25) is 4.79 Å². The van der Waals surface area contributed by atoms with E-state index in [2.05, 4.69) is 15.9 Å². The van der Waals surface area contributed by atoms with Crippen LogP contribution in [-0.2, 0) is 0 Å². The van der Waals surface area contributed by atoms with Crippen molar-refractivity contribution >= 4 is 33.3 Å². The molecule has 1 nitrogen and oxygen atoms in total. The Morgan fingerprint density at radius 1 is 1.53 bits per heavy atom. The standard InChI is InChI=1S/C11H11BrClFO/c1-2-3-4-11(15)7-5-9(13)8(12)6-10(7)14/h5-6H,2-4H2,1H3. The molecule has 15 heavy (non-hydrogen) atoms. The van der Waals surface area contributed by atoms with Gasteiger partial charge in [0.2, 0.25) is 0 Å². The van der Waals surface area contributed by atoms with Crippen LogP contribution in [0, 0.1) is 5.82 Å². The second-order valence-corrected chi connectivity index (χ2v) is 4.53. The van der Waals surface area contributed by atoms with E-state index < -0.39 is 5.82 Å². The molecule has 0 saturated heterocycles. The van der Waals surface area contributed by atoms with E-state index in [-0.39, 0.29) is 11.3 Å². The van der Waals surface area contributed by atoms with Gasteiger partial charge in [-0.2, -0.15) is 0 Å². The molecule has 1 aromatic rings. The van der Waals surface area contributed by atoms with Crippen LogP contribution in [0.25, 0.3) is 0 Å². The maximum Gasteiger partial charge on any atom is 0.165 e. The first-order valence-electron chi connectivity index (χ1n) is 4.74. The van der Waals surface area contributed by atoms with Gasteiger partial charge in [0.15, 0.2) is 5.78 Å². The zero-order chi connectivity index (χ0) is 11.4. The van der Waals surface area contributed by atoms with Crippen molar-refractivity contribution in [3.8, 4) is 0 Å². The van der Waals surface area contributed by atoms with Crippen molar-refractivity contribution in [2.45, 2.75) is 26.2 Å². The summed E-state index contributed by atoms with van der Waals surface area (Å²) in [6.45, 7) is 1.98. The number of hydrogen-bond acceptors (Lipinski definition) is 1. The van der Waals surface area contributed by atoms with Gasteiger partial charge in [0.1, 0.15) is 5.82 Å². The molecule has 0 fully saturated rings. The Kier molecular flexibility index (Phi) is 4.74. The second kappa shape index (κ2) is 5.61. The van der Waals surface area contributed by atoms with E-state index in [0.29, 0.717) is 15.9 Å². The number of carbonyl (C=O) groups is 1. The van der Waals surface area contributed by atoms with E-state index in [4.69, 9.17) is 11.6 Å². The zero-order valence-corrected chi connectivity index (χ0v) is 10.7. The van der Waals surface area contributed by atoms with Gasteiger partial charge in [-0.15, -0.1) is 0 Å². The van der Waals surface area contributed by atoms with E-state index in [9.17, 15) is 9.18 Å². The Hall–Kier alpha value is -0.410. The minimum atomic E-state index is -0.521. The van der Waals surface area contributed by atoms with E-state index in [0.717, 1.165) is 12.8 Å². The van der Waals surface area contributed by atoms with Crippen molar-refractivity contribution in [1.82, 2.24) is 0 Å². The molecule has 0 N–H and O–H groups in total. The first kappa shape index (κ1) is 12.7. The molecule has 0 aliphatic heterocycles. The molecule has 0 saturated carbocycles. The minimum Gasteiger partial charge on any atom is -0.294 e. The summed E-state index contributed by atoms with van der Waals surface area (Å²) < 4.78 is 13.9. The van der Waals surface area contributed by atoms with Crippen molar-refractivity contribution < 1.29 is 9.18 Å². The predicted octanol–water partition coefficient (Wildman–Crippen LogP) is 4.61. The lowest BCUT2D eigenvalue weighted by Gasteiger charge is -2.04. The fraction of sp³-hybridized carbons (Fsp3) is 0.364. The average Bonchev–Trinajstić information content (AvgIpc) is 2.20. The highest BCUT2D eigenvalue weighted by molar-refractivity contribution is 9.10. The van der Waals surface area contributed by atoms with Crippen LogP contribution in [-0.4, -0.2) is 5.78 Å². The van der Waals surface area contributed by atoms with Gasteiger partial charge in [-0.25, -0.2) is 4.39 Å². The van der Waals surface area contributed by atoms with Gasteiger partial charge in [-0.05, 0) is 34.5 Å². The summed E-state index contributed by atoms with van der Waals surface area (Å²) in [5.41, 5.74) is 0.0802. The lowest BCUT2D eigenvalue weighted by Crippen LogP contribution is -2.02. The molecule has 0 heterocycles. The van der Waals surface area contributed by atoms with Crippen LogP contribution in [0.5, 0.6) is 0 Å². The van der Waals surface area contributed by atoms with E-state index in [1.165, 1.54) is 12.1 Å². The molecule has 0 amide bonds. The summed E-state index contributed by atoms with van der Waals surface area (Å²) in [4.78, 5) is 11.6. The highest BCUT2D eigenvalue weighted by Crippen LogP contribution is 2.26. The van der Waals surface area contributed by atoms with Crippen LogP contribution in [0.15, 0.2) is 16.6 Å². The summed E-state index contributed by atoms with van der Waals surface area (Å²) in [5.74, 6) is -0.712. The third kappa shape index (κ3) is 3.28. The summed E-state index contributed by atoms with van der Waals surface area (Å²) >= 11 is 8.90. The molecule has 0 unspecified atom stereocenters. The Morgan fingerprint density at radius 3 is 2.80 bits per heavy atom. The topological polar surface area (TPSA) is 17.1 Å². The molecule has 4 heteroatoms. The van der Waals surface area contributed by atoms with E-state index in [1.54, 1.807) is 0 Å². The van der Waals surface area contributed by atoms with Crippen LogP contribution in [0.4, 0.5) is 4.39 Å². The smallest absolute Gasteiger partial charge is 0.165 e. The van der Waals surface area contributed by atoms with Gasteiger partial charge in [0.05, 0.1) is 10.6 Å². The number of rotatable bonds is 4. The number of hydrogen-bond donors (Lipinski definition) is 0. The number of unbranched alkanes of at least 4 members (excludes halogenated alkanes) is 1. The highest BCUT2D eigenvalue weighted by atomic mass is 79.9. The Bertz CT molecular complexity index is 379. The third-order valence-corrected chi connectivity index (χ3v) is 3.26. The number of benzene rings is 1. The molecule has 82 valence electrons. The molecule has 0 aliphatic carbocycles. The minimum absolute atomic E-state index is 0.0802. The summed E-state index contributed by atoms with van der Waals surface area (Å²) in [6.07, 6.45) is 2.05. The van der Waals surface area contributed by atoms with Gasteiger partial charge >= 0.3 is 0 Å². The monoisotopic (exact) mass is 292 g/mol. The fourth-order valence-corrected chi connectivity index (χ4v) is 1.69. The summed E-state index contributed by atoms with van der Waals surface area (Å²) in [7, 11) is 0. The number of halogens is 3. The first-order valence-corrected chi connectivity index (χ1v) is 5.91. The molecule has 0 aromatic heterocycles. The van der Waals surface area contributed by atoms with Crippen molar-refractivity contribution in [1.29, 1.82) is 0 Å². The molecular formula is C11H11BrClFO. The van der Waals surface area contributed by atoms with Crippen molar-refractivity contribution in [3.63, 3.8) is 0 Å². The third-order valence-electron chi connectivity index (χ3n) is 2.07. The lowest BCUT2D eigenvalue weighted by molar-refractivity contribution is 0.0976. The zero-order valence-electron chi connectivity index (χ0n) is 8.32. The Labute approximate surface area is 102 Å². The van der Waals surface area contributed by atoms with Gasteiger partial charge in [-0.1, -0.05) is 24.9 Å². The molecule has 0 radical (unpaired) electrons. The molecule has 0 aliphatic rings. The predicted molar refractivity (Wildman–Crippen MR) is 63.0 cm³/mol. The highest BCUT2D eigenvalue weighted by Gasteiger charge is 2.13. The van der Waals surface area contributed by atoms with E-state index >= 15 is 0 Å². The molecule has 0 bridgehead atoms. The normalized spacial score (nSPS) is 10.4. The summed E-state index contributed by atoms with van der Waals surface area (Å²) in [5, 5.41) is 0.358. The van der Waals surface area contributed by atoms with Gasteiger partial charge in [0, 0.05) is 10.9 Å². The Morgan fingerprint density at radius 2 is 2.20 bits per heavy atom. The lowest BCUT2D eigenvalue weighted by atomic mass is 10.1. The SMILES string of the molecule is CCCCC(=O)c1cc(Cl)c(Br)cc1F. The van der Waals surface area contributed by atoms with Gasteiger partial charge in [0.25, 0.3) is 0 Å². The first-order chi connectivity index (χ1) is 7.06. The van der Waals surface area contributed by atoms with Crippen LogP contribution in [0.3, 0.4) is 0 Å². The quantitative estimate of drug-likeness (QED) is 0.585. The van der Waals surface area contributed by atoms with Crippen molar-refractivity contribution in [2.24, 2.45) is 0 Å². The molecule has 1 rings (SSSR count). The fourth-order valence-electron chi connectivity index (χ4n) is 1.21. The molecule has 0 spiro atoms.